The fourth-order valence-corrected chi connectivity index (χ4v) is 3.31. The van der Waals surface area contributed by atoms with Crippen LogP contribution in [0.5, 0.6) is 0 Å². The number of amides is 1. The third kappa shape index (κ3) is 4.31. The molecule has 2 aromatic carbocycles. The highest BCUT2D eigenvalue weighted by molar-refractivity contribution is 7.07. The molecule has 3 rings (SSSR count). The summed E-state index contributed by atoms with van der Waals surface area (Å²) in [5, 5.41) is 7.21. The van der Waals surface area contributed by atoms with E-state index in [4.69, 9.17) is 0 Å². The van der Waals surface area contributed by atoms with E-state index >= 15 is 0 Å². The second-order valence-corrected chi connectivity index (χ2v) is 6.54. The number of benzene rings is 2. The highest BCUT2D eigenvalue weighted by Gasteiger charge is 2.10. The monoisotopic (exact) mass is 336 g/mol. The van der Waals surface area contributed by atoms with Crippen molar-refractivity contribution in [3.05, 3.63) is 77.0 Å². The molecule has 122 valence electrons. The van der Waals surface area contributed by atoms with E-state index in [1.165, 1.54) is 5.56 Å². The number of hydrogen-bond donors (Lipinski definition) is 1. The maximum atomic E-state index is 12.4. The molecule has 0 saturated carbocycles. The summed E-state index contributed by atoms with van der Waals surface area (Å²) in [5.74, 6) is -0.00360. The Bertz CT molecular complexity index is 784. The average Bonchev–Trinajstić information content (AvgIpc) is 3.09. The first-order chi connectivity index (χ1) is 11.7. The summed E-state index contributed by atoms with van der Waals surface area (Å²) in [4.78, 5) is 14.4. The Morgan fingerprint density at radius 3 is 2.54 bits per heavy atom. The summed E-state index contributed by atoms with van der Waals surface area (Å²) in [6, 6.07) is 20.1. The maximum Gasteiger partial charge on any atom is 0.238 e. The first-order valence-electron chi connectivity index (χ1n) is 7.86. The molecule has 1 heterocycles. The van der Waals surface area contributed by atoms with Gasteiger partial charge in [0.1, 0.15) is 0 Å². The number of anilines is 1. The lowest BCUT2D eigenvalue weighted by Gasteiger charge is -2.17. The van der Waals surface area contributed by atoms with Crippen LogP contribution in [0.25, 0.3) is 11.1 Å². The molecule has 1 N–H and O–H groups in total. The fourth-order valence-electron chi connectivity index (χ4n) is 2.65. The molecule has 3 aromatic rings. The first kappa shape index (κ1) is 16.4. The minimum Gasteiger partial charge on any atom is -0.324 e. The van der Waals surface area contributed by atoms with Gasteiger partial charge >= 0.3 is 0 Å². The van der Waals surface area contributed by atoms with Crippen LogP contribution in [-0.2, 0) is 11.3 Å². The predicted octanol–water partition coefficient (Wildman–Crippen LogP) is 4.49. The van der Waals surface area contributed by atoms with Crippen molar-refractivity contribution in [3.63, 3.8) is 0 Å². The van der Waals surface area contributed by atoms with Gasteiger partial charge in [0.15, 0.2) is 0 Å². The largest absolute Gasteiger partial charge is 0.324 e. The molecule has 0 aliphatic heterocycles. The molecule has 0 radical (unpaired) electrons. The second-order valence-electron chi connectivity index (χ2n) is 5.76. The van der Waals surface area contributed by atoms with Crippen LogP contribution in [0.15, 0.2) is 71.4 Å². The van der Waals surface area contributed by atoms with Gasteiger partial charge in [0.2, 0.25) is 5.91 Å². The second kappa shape index (κ2) is 7.90. The van der Waals surface area contributed by atoms with E-state index < -0.39 is 0 Å². The number of nitrogens with one attached hydrogen (secondary N) is 1. The van der Waals surface area contributed by atoms with Crippen LogP contribution >= 0.6 is 11.3 Å². The van der Waals surface area contributed by atoms with Crippen molar-refractivity contribution in [2.45, 2.75) is 6.54 Å². The number of carbonyl (C=O) groups is 1. The average molecular weight is 336 g/mol. The van der Waals surface area contributed by atoms with Crippen LogP contribution < -0.4 is 5.32 Å². The summed E-state index contributed by atoms with van der Waals surface area (Å²) in [7, 11) is 1.96. The summed E-state index contributed by atoms with van der Waals surface area (Å²) in [6.07, 6.45) is 0. The smallest absolute Gasteiger partial charge is 0.238 e. The molecule has 0 spiro atoms. The zero-order valence-corrected chi connectivity index (χ0v) is 14.4. The van der Waals surface area contributed by atoms with Gasteiger partial charge in [-0.1, -0.05) is 48.5 Å². The predicted molar refractivity (Wildman–Crippen MR) is 101 cm³/mol. The van der Waals surface area contributed by atoms with Crippen molar-refractivity contribution < 1.29 is 4.79 Å². The van der Waals surface area contributed by atoms with Crippen LogP contribution in [0, 0.1) is 0 Å². The Hall–Kier alpha value is -2.43. The molecule has 0 aliphatic carbocycles. The van der Waals surface area contributed by atoms with Crippen LogP contribution in [0.3, 0.4) is 0 Å². The van der Waals surface area contributed by atoms with Crippen LogP contribution in [0.1, 0.15) is 5.56 Å². The van der Waals surface area contributed by atoms with E-state index in [-0.39, 0.29) is 5.91 Å². The van der Waals surface area contributed by atoms with Gasteiger partial charge in [-0.3, -0.25) is 9.69 Å². The summed E-state index contributed by atoms with van der Waals surface area (Å²) >= 11 is 1.68. The molecular formula is C20H20N2OS. The molecule has 0 aliphatic rings. The van der Waals surface area contributed by atoms with Gasteiger partial charge in [0.05, 0.1) is 6.54 Å². The third-order valence-corrected chi connectivity index (χ3v) is 4.46. The SMILES string of the molecule is CN(CC(=O)Nc1ccccc1-c1ccccc1)Cc1ccsc1. The molecule has 0 unspecified atom stereocenters. The van der Waals surface area contributed by atoms with Crippen molar-refractivity contribution in [3.8, 4) is 11.1 Å². The van der Waals surface area contributed by atoms with Crippen molar-refractivity contribution in [2.24, 2.45) is 0 Å². The molecule has 0 atom stereocenters. The number of likely N-dealkylation sites (N-methyl/N-ethyl adjacent to an activating group) is 1. The van der Waals surface area contributed by atoms with E-state index in [1.54, 1.807) is 11.3 Å². The minimum absolute atomic E-state index is 0.00360. The van der Waals surface area contributed by atoms with Crippen molar-refractivity contribution in [2.75, 3.05) is 18.9 Å². The molecule has 0 saturated heterocycles. The number of para-hydroxylation sites is 1. The number of thiophene rings is 1. The Kier molecular flexibility index (Phi) is 5.41. The Balaban J connectivity index is 1.66. The van der Waals surface area contributed by atoms with Crippen molar-refractivity contribution in [1.29, 1.82) is 0 Å². The van der Waals surface area contributed by atoms with E-state index in [0.29, 0.717) is 6.54 Å². The third-order valence-electron chi connectivity index (χ3n) is 3.73. The Labute approximate surface area is 146 Å². The highest BCUT2D eigenvalue weighted by atomic mass is 32.1. The zero-order chi connectivity index (χ0) is 16.8. The van der Waals surface area contributed by atoms with E-state index in [2.05, 4.69) is 22.1 Å². The molecule has 4 heteroatoms. The van der Waals surface area contributed by atoms with E-state index in [1.807, 2.05) is 66.5 Å². The summed E-state index contributed by atoms with van der Waals surface area (Å²) in [5.41, 5.74) is 4.21. The number of rotatable bonds is 6. The van der Waals surface area contributed by atoms with Crippen molar-refractivity contribution >= 4 is 22.9 Å². The number of carbonyl (C=O) groups excluding carboxylic acids is 1. The quantitative estimate of drug-likeness (QED) is 0.719. The summed E-state index contributed by atoms with van der Waals surface area (Å²) < 4.78 is 0. The van der Waals surface area contributed by atoms with Gasteiger partial charge in [-0.25, -0.2) is 0 Å². The summed E-state index contributed by atoms with van der Waals surface area (Å²) in [6.45, 7) is 1.14. The molecule has 0 fully saturated rings. The lowest BCUT2D eigenvalue weighted by atomic mass is 10.0. The fraction of sp³-hybridized carbons (Fsp3) is 0.150. The molecular weight excluding hydrogens is 316 g/mol. The molecule has 24 heavy (non-hydrogen) atoms. The van der Waals surface area contributed by atoms with Crippen LogP contribution in [0.4, 0.5) is 5.69 Å². The normalized spacial score (nSPS) is 10.8. The number of nitrogens with zero attached hydrogens (tertiary/aromatic N) is 1. The highest BCUT2D eigenvalue weighted by Crippen LogP contribution is 2.27. The van der Waals surface area contributed by atoms with Gasteiger partial charge in [0.25, 0.3) is 0 Å². The van der Waals surface area contributed by atoms with Crippen LogP contribution in [0.2, 0.25) is 0 Å². The lowest BCUT2D eigenvalue weighted by Crippen LogP contribution is -2.29. The Morgan fingerprint density at radius 1 is 1.04 bits per heavy atom. The minimum atomic E-state index is -0.00360. The Morgan fingerprint density at radius 2 is 1.79 bits per heavy atom. The van der Waals surface area contributed by atoms with Crippen LogP contribution in [-0.4, -0.2) is 24.4 Å². The van der Waals surface area contributed by atoms with E-state index in [9.17, 15) is 4.79 Å². The molecule has 3 nitrogen and oxygen atoms in total. The molecule has 1 amide bonds. The van der Waals surface area contributed by atoms with Gasteiger partial charge < -0.3 is 5.32 Å². The van der Waals surface area contributed by atoms with Crippen molar-refractivity contribution in [1.82, 2.24) is 4.90 Å². The molecule has 0 bridgehead atoms. The standard InChI is InChI=1S/C20H20N2OS/c1-22(13-16-11-12-24-15-16)14-20(23)21-19-10-6-5-9-18(19)17-7-3-2-4-8-17/h2-12,15H,13-14H2,1H3,(H,21,23). The molecule has 1 aromatic heterocycles. The zero-order valence-electron chi connectivity index (χ0n) is 13.6. The van der Waals surface area contributed by atoms with Gasteiger partial charge in [-0.05, 0) is 41.1 Å². The maximum absolute atomic E-state index is 12.4. The van der Waals surface area contributed by atoms with Gasteiger partial charge in [-0.15, -0.1) is 0 Å². The first-order valence-corrected chi connectivity index (χ1v) is 8.80. The number of hydrogen-bond acceptors (Lipinski definition) is 3. The van der Waals surface area contributed by atoms with E-state index in [0.717, 1.165) is 23.4 Å². The van der Waals surface area contributed by atoms with Gasteiger partial charge in [0, 0.05) is 17.8 Å². The lowest BCUT2D eigenvalue weighted by molar-refractivity contribution is -0.117. The van der Waals surface area contributed by atoms with Gasteiger partial charge in [-0.2, -0.15) is 11.3 Å². The topological polar surface area (TPSA) is 32.3 Å².